The van der Waals surface area contributed by atoms with E-state index in [0.29, 0.717) is 37.0 Å². The van der Waals surface area contributed by atoms with E-state index in [4.69, 9.17) is 0 Å². The highest BCUT2D eigenvalue weighted by Gasteiger charge is 2.30. The van der Waals surface area contributed by atoms with Crippen molar-refractivity contribution in [3.05, 3.63) is 84.4 Å². The van der Waals surface area contributed by atoms with E-state index < -0.39 is 16.1 Å². The lowest BCUT2D eigenvalue weighted by molar-refractivity contribution is -0.127. The van der Waals surface area contributed by atoms with Crippen molar-refractivity contribution < 1.29 is 18.3 Å². The van der Waals surface area contributed by atoms with E-state index in [9.17, 15) is 18.3 Å². The molecule has 1 atom stereocenters. The standard InChI is InChI=1S/C28H30N4O4S/c33-18-26(19-7-3-1-4-8-19)31-28(34)21-11-13-22(14-12-21)32-37(35,36)23-15-16-24-25(17-23)30-27(29-24)20-9-5-2-6-10-20/h1-10,15-17,21-22,26,32-33H,11-14,18H2,(H,29,30)(H,31,34)/t21-,22-,26-/m1/s1. The molecule has 1 aliphatic carbocycles. The van der Waals surface area contributed by atoms with Gasteiger partial charge in [-0.25, -0.2) is 18.1 Å². The van der Waals surface area contributed by atoms with Gasteiger partial charge in [0.15, 0.2) is 0 Å². The fourth-order valence-electron chi connectivity index (χ4n) is 4.86. The van der Waals surface area contributed by atoms with Crippen LogP contribution in [0, 0.1) is 5.92 Å². The Kier molecular flexibility index (Phi) is 7.36. The number of H-pyrrole nitrogens is 1. The number of rotatable bonds is 8. The molecule has 0 bridgehead atoms. The number of aliphatic hydroxyl groups is 1. The summed E-state index contributed by atoms with van der Waals surface area (Å²) in [5.41, 5.74) is 3.13. The summed E-state index contributed by atoms with van der Waals surface area (Å²) in [6.45, 7) is -0.182. The topological polar surface area (TPSA) is 124 Å². The zero-order valence-corrected chi connectivity index (χ0v) is 21.1. The minimum absolute atomic E-state index is 0.109. The SMILES string of the molecule is O=C(N[C@H](CO)c1ccccc1)[C@H]1CC[C@H](NS(=O)(=O)c2ccc3[nH]c(-c4ccccc4)nc3c2)CC1. The first-order valence-electron chi connectivity index (χ1n) is 12.5. The molecule has 0 radical (unpaired) electrons. The number of carbonyl (C=O) groups excluding carboxylic acids is 1. The molecule has 1 fully saturated rings. The number of nitrogens with zero attached hydrogens (tertiary/aromatic N) is 1. The Morgan fingerprint density at radius 2 is 1.65 bits per heavy atom. The number of hydrogen-bond acceptors (Lipinski definition) is 5. The van der Waals surface area contributed by atoms with Gasteiger partial charge >= 0.3 is 0 Å². The molecule has 0 spiro atoms. The average Bonchev–Trinajstić information content (AvgIpc) is 3.36. The predicted molar refractivity (Wildman–Crippen MR) is 142 cm³/mol. The summed E-state index contributed by atoms with van der Waals surface area (Å²) >= 11 is 0. The lowest BCUT2D eigenvalue weighted by atomic mass is 9.85. The number of hydrogen-bond donors (Lipinski definition) is 4. The first-order chi connectivity index (χ1) is 17.9. The van der Waals surface area contributed by atoms with E-state index in [1.807, 2.05) is 60.7 Å². The maximum atomic E-state index is 13.1. The number of nitrogens with one attached hydrogen (secondary N) is 3. The van der Waals surface area contributed by atoms with Crippen LogP contribution in [-0.2, 0) is 14.8 Å². The largest absolute Gasteiger partial charge is 0.394 e. The molecule has 192 valence electrons. The number of fused-ring (bicyclic) bond motifs is 1. The number of aliphatic hydroxyl groups excluding tert-OH is 1. The van der Waals surface area contributed by atoms with Gasteiger partial charge in [0.1, 0.15) is 5.82 Å². The molecule has 0 unspecified atom stereocenters. The number of carbonyl (C=O) groups is 1. The zero-order valence-electron chi connectivity index (χ0n) is 20.3. The molecule has 1 heterocycles. The highest BCUT2D eigenvalue weighted by Crippen LogP contribution is 2.28. The van der Waals surface area contributed by atoms with Crippen molar-refractivity contribution in [3.8, 4) is 11.4 Å². The van der Waals surface area contributed by atoms with Crippen LogP contribution in [0.1, 0.15) is 37.3 Å². The number of aromatic nitrogens is 2. The molecule has 0 aliphatic heterocycles. The van der Waals surface area contributed by atoms with Gasteiger partial charge in [-0.2, -0.15) is 0 Å². The van der Waals surface area contributed by atoms with Gasteiger partial charge < -0.3 is 15.4 Å². The third-order valence-electron chi connectivity index (χ3n) is 6.93. The summed E-state index contributed by atoms with van der Waals surface area (Å²) in [4.78, 5) is 20.8. The minimum Gasteiger partial charge on any atom is -0.394 e. The maximum absolute atomic E-state index is 13.1. The summed E-state index contributed by atoms with van der Waals surface area (Å²) in [5.74, 6) is 0.364. The van der Waals surface area contributed by atoms with E-state index in [2.05, 4.69) is 20.0 Å². The molecule has 37 heavy (non-hydrogen) atoms. The van der Waals surface area contributed by atoms with Crippen LogP contribution >= 0.6 is 0 Å². The van der Waals surface area contributed by atoms with Crippen molar-refractivity contribution in [3.63, 3.8) is 0 Å². The zero-order chi connectivity index (χ0) is 25.8. The Labute approximate surface area is 216 Å². The molecular weight excluding hydrogens is 488 g/mol. The van der Waals surface area contributed by atoms with Crippen LogP contribution in [0.5, 0.6) is 0 Å². The van der Waals surface area contributed by atoms with E-state index in [1.54, 1.807) is 18.2 Å². The van der Waals surface area contributed by atoms with Gasteiger partial charge in [-0.1, -0.05) is 60.7 Å². The monoisotopic (exact) mass is 518 g/mol. The van der Waals surface area contributed by atoms with Gasteiger partial charge in [-0.3, -0.25) is 4.79 Å². The maximum Gasteiger partial charge on any atom is 0.240 e. The van der Waals surface area contributed by atoms with E-state index >= 15 is 0 Å². The van der Waals surface area contributed by atoms with E-state index in [-0.39, 0.29) is 29.4 Å². The second-order valence-corrected chi connectivity index (χ2v) is 11.2. The second kappa shape index (κ2) is 10.8. The molecule has 1 aromatic heterocycles. The molecule has 1 amide bonds. The van der Waals surface area contributed by atoms with Crippen molar-refractivity contribution in [1.29, 1.82) is 0 Å². The molecule has 4 aromatic rings. The lowest BCUT2D eigenvalue weighted by Crippen LogP contribution is -2.42. The summed E-state index contributed by atoms with van der Waals surface area (Å²) in [5, 5.41) is 12.7. The van der Waals surface area contributed by atoms with Crippen LogP contribution in [0.4, 0.5) is 0 Å². The molecule has 4 N–H and O–H groups in total. The molecule has 0 saturated heterocycles. The Morgan fingerprint density at radius 1 is 0.973 bits per heavy atom. The molecule has 3 aromatic carbocycles. The van der Waals surface area contributed by atoms with Crippen LogP contribution in [0.15, 0.2) is 83.8 Å². The Bertz CT molecular complexity index is 1460. The Hall–Kier alpha value is -3.53. The number of aromatic amines is 1. The van der Waals surface area contributed by atoms with Gasteiger partial charge in [-0.15, -0.1) is 0 Å². The van der Waals surface area contributed by atoms with Crippen molar-refractivity contribution >= 4 is 27.0 Å². The fourth-order valence-corrected chi connectivity index (χ4v) is 6.18. The van der Waals surface area contributed by atoms with Gasteiger partial charge in [0.2, 0.25) is 15.9 Å². The van der Waals surface area contributed by atoms with Crippen molar-refractivity contribution in [2.45, 2.75) is 42.7 Å². The Balaban J connectivity index is 1.20. The normalized spacial score (nSPS) is 18.9. The molecular formula is C28H30N4O4S. The van der Waals surface area contributed by atoms with Crippen molar-refractivity contribution in [1.82, 2.24) is 20.0 Å². The Morgan fingerprint density at radius 3 is 2.32 bits per heavy atom. The number of imidazole rings is 1. The summed E-state index contributed by atoms with van der Waals surface area (Å²) in [7, 11) is -3.74. The van der Waals surface area contributed by atoms with Gasteiger partial charge in [0.25, 0.3) is 0 Å². The minimum atomic E-state index is -3.74. The first-order valence-corrected chi connectivity index (χ1v) is 13.9. The van der Waals surface area contributed by atoms with Crippen LogP contribution < -0.4 is 10.0 Å². The number of amides is 1. The fraction of sp³-hybridized carbons (Fsp3) is 0.286. The van der Waals surface area contributed by atoms with Crippen LogP contribution in [-0.4, -0.2) is 42.0 Å². The van der Waals surface area contributed by atoms with Gasteiger partial charge in [0.05, 0.1) is 28.6 Å². The molecule has 5 rings (SSSR count). The van der Waals surface area contributed by atoms with E-state index in [1.165, 1.54) is 0 Å². The predicted octanol–water partition coefficient (Wildman–Crippen LogP) is 3.92. The summed E-state index contributed by atoms with van der Waals surface area (Å²) < 4.78 is 29.1. The molecule has 9 heteroatoms. The van der Waals surface area contributed by atoms with Crippen LogP contribution in [0.2, 0.25) is 0 Å². The third kappa shape index (κ3) is 5.74. The highest BCUT2D eigenvalue weighted by molar-refractivity contribution is 7.89. The van der Waals surface area contributed by atoms with Crippen LogP contribution in [0.25, 0.3) is 22.4 Å². The van der Waals surface area contributed by atoms with E-state index in [0.717, 1.165) is 16.6 Å². The third-order valence-corrected chi connectivity index (χ3v) is 8.45. The smallest absolute Gasteiger partial charge is 0.240 e. The molecule has 8 nitrogen and oxygen atoms in total. The molecule has 1 saturated carbocycles. The van der Waals surface area contributed by atoms with Gasteiger partial charge in [0, 0.05) is 17.5 Å². The quantitative estimate of drug-likeness (QED) is 0.282. The van der Waals surface area contributed by atoms with Crippen molar-refractivity contribution in [2.24, 2.45) is 5.92 Å². The molecule has 1 aliphatic rings. The van der Waals surface area contributed by atoms with Crippen LogP contribution in [0.3, 0.4) is 0 Å². The highest BCUT2D eigenvalue weighted by atomic mass is 32.2. The second-order valence-electron chi connectivity index (χ2n) is 9.45. The number of sulfonamides is 1. The summed E-state index contributed by atoms with van der Waals surface area (Å²) in [6.07, 6.45) is 2.28. The van der Waals surface area contributed by atoms with Crippen molar-refractivity contribution in [2.75, 3.05) is 6.61 Å². The van der Waals surface area contributed by atoms with Gasteiger partial charge in [-0.05, 0) is 49.4 Å². The number of benzene rings is 3. The lowest BCUT2D eigenvalue weighted by Gasteiger charge is -2.29. The average molecular weight is 519 g/mol. The first kappa shape index (κ1) is 25.1. The summed E-state index contributed by atoms with van der Waals surface area (Å²) in [6, 6.07) is 23.2.